The summed E-state index contributed by atoms with van der Waals surface area (Å²) in [5.41, 5.74) is 5.73. The maximum absolute atomic E-state index is 13.0. The van der Waals surface area contributed by atoms with Crippen molar-refractivity contribution in [1.82, 2.24) is 19.5 Å². The number of pyridine rings is 2. The number of aromatic nitrogens is 4. The van der Waals surface area contributed by atoms with Gasteiger partial charge in [-0.25, -0.2) is 19.7 Å². The molecule has 1 atom stereocenters. The number of nitrogens with zero attached hydrogens (tertiary/aromatic N) is 5. The van der Waals surface area contributed by atoms with E-state index >= 15 is 0 Å². The van der Waals surface area contributed by atoms with Gasteiger partial charge in [0.05, 0.1) is 34.7 Å². The largest absolute Gasteiger partial charge is 0.477 e. The molecule has 0 spiro atoms. The summed E-state index contributed by atoms with van der Waals surface area (Å²) in [6, 6.07) is 6.67. The number of fused-ring (bicyclic) bond motifs is 1. The molecular formula is C24H20Cl2N6O4. The molecule has 0 bridgehead atoms. The van der Waals surface area contributed by atoms with Gasteiger partial charge in [0.15, 0.2) is 5.82 Å². The fourth-order valence-corrected chi connectivity index (χ4v) is 4.78. The molecule has 0 saturated carbocycles. The number of anilines is 2. The first-order chi connectivity index (χ1) is 17.3. The summed E-state index contributed by atoms with van der Waals surface area (Å²) in [6.07, 6.45) is 7.37. The third kappa shape index (κ3) is 4.40. The van der Waals surface area contributed by atoms with E-state index in [0.29, 0.717) is 46.1 Å². The lowest BCUT2D eigenvalue weighted by Gasteiger charge is -2.28. The summed E-state index contributed by atoms with van der Waals surface area (Å²) < 4.78 is 7.39. The Balaban J connectivity index is 1.59. The average Bonchev–Trinajstić information content (AvgIpc) is 3.32. The molecular weight excluding hydrogens is 507 g/mol. The highest BCUT2D eigenvalue weighted by Crippen LogP contribution is 2.35. The van der Waals surface area contributed by atoms with E-state index < -0.39 is 17.0 Å². The second kappa shape index (κ2) is 9.63. The van der Waals surface area contributed by atoms with Crippen LogP contribution in [0.3, 0.4) is 0 Å². The minimum Gasteiger partial charge on any atom is -0.477 e. The maximum atomic E-state index is 13.0. The zero-order valence-corrected chi connectivity index (χ0v) is 20.3. The molecule has 184 valence electrons. The van der Waals surface area contributed by atoms with Crippen molar-refractivity contribution >= 4 is 51.6 Å². The van der Waals surface area contributed by atoms with Gasteiger partial charge in [-0.2, -0.15) is 0 Å². The third-order valence-electron chi connectivity index (χ3n) is 6.03. The lowest BCUT2D eigenvalue weighted by atomic mass is 10.1. The summed E-state index contributed by atoms with van der Waals surface area (Å²) in [7, 11) is 0. The summed E-state index contributed by atoms with van der Waals surface area (Å²) in [6.45, 7) is 1.05. The summed E-state index contributed by atoms with van der Waals surface area (Å²) in [4.78, 5) is 39.4. The Morgan fingerprint density at radius 2 is 2.03 bits per heavy atom. The standard InChI is InChI=1S/C24H20Cl2N6O4/c25-16-4-1-5-28-23(16)36-12-13-3-2-6-31(13)19-8-18-14(7-17(19)26)22(33)15(24(34)35)11-32(18)21-10-29-20(27)9-30-21/h1,4-5,7-11,13H,2-3,6,12H2,(H2,27,29)(H,34,35)/t13-/m1/s1. The van der Waals surface area contributed by atoms with Crippen LogP contribution >= 0.6 is 23.2 Å². The SMILES string of the molecule is Nc1cnc(-n2cc(C(=O)O)c(=O)c3cc(Cl)c(N4CCC[C@@H]4COc4ncccc4Cl)cc32)cn1. The van der Waals surface area contributed by atoms with E-state index in [4.69, 9.17) is 33.7 Å². The van der Waals surface area contributed by atoms with E-state index in [1.54, 1.807) is 24.4 Å². The van der Waals surface area contributed by atoms with Crippen molar-refractivity contribution in [2.45, 2.75) is 18.9 Å². The fourth-order valence-electron chi connectivity index (χ4n) is 4.33. The number of carboxylic acids is 1. The average molecular weight is 527 g/mol. The Morgan fingerprint density at radius 3 is 2.75 bits per heavy atom. The maximum Gasteiger partial charge on any atom is 0.341 e. The first-order valence-corrected chi connectivity index (χ1v) is 11.8. The van der Waals surface area contributed by atoms with Crippen LogP contribution in [0, 0.1) is 0 Å². The zero-order chi connectivity index (χ0) is 25.4. The van der Waals surface area contributed by atoms with E-state index in [1.807, 2.05) is 0 Å². The van der Waals surface area contributed by atoms with Crippen LogP contribution in [0.25, 0.3) is 16.7 Å². The number of aromatic carboxylic acids is 1. The molecule has 4 heterocycles. The van der Waals surface area contributed by atoms with Crippen molar-refractivity contribution in [3.05, 3.63) is 74.9 Å². The van der Waals surface area contributed by atoms with Crippen molar-refractivity contribution in [2.24, 2.45) is 0 Å². The highest BCUT2D eigenvalue weighted by Gasteiger charge is 2.28. The van der Waals surface area contributed by atoms with Gasteiger partial charge in [0.1, 0.15) is 23.0 Å². The Kier molecular flexibility index (Phi) is 6.38. The third-order valence-corrected chi connectivity index (χ3v) is 6.62. The van der Waals surface area contributed by atoms with Crippen molar-refractivity contribution in [3.63, 3.8) is 0 Å². The molecule has 36 heavy (non-hydrogen) atoms. The van der Waals surface area contributed by atoms with Gasteiger partial charge in [0, 0.05) is 24.3 Å². The normalized spacial score (nSPS) is 15.4. The monoisotopic (exact) mass is 526 g/mol. The summed E-state index contributed by atoms with van der Waals surface area (Å²) in [5, 5.41) is 10.5. The molecule has 1 fully saturated rings. The number of ether oxygens (including phenoxy) is 1. The Bertz CT molecular complexity index is 1530. The van der Waals surface area contributed by atoms with Crippen molar-refractivity contribution in [3.8, 4) is 11.7 Å². The smallest absolute Gasteiger partial charge is 0.341 e. The lowest BCUT2D eigenvalue weighted by Crippen LogP contribution is -2.34. The number of benzene rings is 1. The van der Waals surface area contributed by atoms with Gasteiger partial charge in [0.25, 0.3) is 0 Å². The van der Waals surface area contributed by atoms with E-state index in [1.165, 1.54) is 29.2 Å². The molecule has 5 rings (SSSR count). The van der Waals surface area contributed by atoms with Gasteiger partial charge in [0.2, 0.25) is 11.3 Å². The molecule has 0 unspecified atom stereocenters. The number of carbonyl (C=O) groups is 1. The number of carboxylic acid groups (broad SMARTS) is 1. The molecule has 1 aromatic carbocycles. The van der Waals surface area contributed by atoms with Gasteiger partial charge < -0.3 is 20.5 Å². The predicted molar refractivity (Wildman–Crippen MR) is 137 cm³/mol. The molecule has 12 heteroatoms. The summed E-state index contributed by atoms with van der Waals surface area (Å²) >= 11 is 12.8. The first kappa shape index (κ1) is 23.8. The first-order valence-electron chi connectivity index (χ1n) is 11.0. The van der Waals surface area contributed by atoms with Crippen LogP contribution in [0.5, 0.6) is 5.88 Å². The number of rotatable bonds is 6. The molecule has 3 aromatic heterocycles. The van der Waals surface area contributed by atoms with E-state index in [9.17, 15) is 14.7 Å². The zero-order valence-electron chi connectivity index (χ0n) is 18.8. The molecule has 1 aliphatic rings. The summed E-state index contributed by atoms with van der Waals surface area (Å²) in [5.74, 6) is -0.493. The Morgan fingerprint density at radius 1 is 1.19 bits per heavy atom. The number of nitrogens with two attached hydrogens (primary N) is 1. The molecule has 0 aliphatic carbocycles. The highest BCUT2D eigenvalue weighted by atomic mass is 35.5. The van der Waals surface area contributed by atoms with Gasteiger partial charge in [-0.1, -0.05) is 23.2 Å². The van der Waals surface area contributed by atoms with Crippen LogP contribution in [0.15, 0.2) is 53.8 Å². The van der Waals surface area contributed by atoms with Crippen LogP contribution in [0.2, 0.25) is 10.0 Å². The van der Waals surface area contributed by atoms with Crippen LogP contribution in [0.1, 0.15) is 23.2 Å². The van der Waals surface area contributed by atoms with Gasteiger partial charge in [-0.15, -0.1) is 0 Å². The van der Waals surface area contributed by atoms with Gasteiger partial charge >= 0.3 is 5.97 Å². The molecule has 1 saturated heterocycles. The second-order valence-corrected chi connectivity index (χ2v) is 9.07. The quantitative estimate of drug-likeness (QED) is 0.384. The Labute approximate surface area is 214 Å². The topological polar surface area (TPSA) is 136 Å². The lowest BCUT2D eigenvalue weighted by molar-refractivity contribution is 0.0695. The van der Waals surface area contributed by atoms with E-state index in [0.717, 1.165) is 12.8 Å². The predicted octanol–water partition coefficient (Wildman–Crippen LogP) is 3.81. The molecule has 0 amide bonds. The molecule has 4 aromatic rings. The molecule has 10 nitrogen and oxygen atoms in total. The molecule has 3 N–H and O–H groups in total. The van der Waals surface area contributed by atoms with Crippen LogP contribution in [-0.2, 0) is 0 Å². The van der Waals surface area contributed by atoms with Crippen LogP contribution < -0.4 is 20.8 Å². The fraction of sp³-hybridized carbons (Fsp3) is 0.208. The minimum absolute atomic E-state index is 0.0206. The van der Waals surface area contributed by atoms with E-state index in [2.05, 4.69) is 19.9 Å². The molecule has 1 aliphatic heterocycles. The number of halogens is 2. The van der Waals surface area contributed by atoms with Gasteiger partial charge in [-0.05, 0) is 37.1 Å². The van der Waals surface area contributed by atoms with Crippen LogP contribution in [0.4, 0.5) is 11.5 Å². The van der Waals surface area contributed by atoms with Gasteiger partial charge in [-0.3, -0.25) is 9.36 Å². The van der Waals surface area contributed by atoms with Crippen LogP contribution in [-0.4, -0.2) is 49.8 Å². The second-order valence-electron chi connectivity index (χ2n) is 8.26. The van der Waals surface area contributed by atoms with Crippen molar-refractivity contribution in [1.29, 1.82) is 0 Å². The minimum atomic E-state index is -1.36. The Hall–Kier alpha value is -3.89. The number of nitrogen functional groups attached to an aromatic ring is 1. The number of hydrogen-bond acceptors (Lipinski definition) is 8. The highest BCUT2D eigenvalue weighted by molar-refractivity contribution is 6.34. The van der Waals surface area contributed by atoms with E-state index in [-0.39, 0.29) is 17.2 Å². The van der Waals surface area contributed by atoms with Crippen molar-refractivity contribution in [2.75, 3.05) is 23.8 Å². The number of hydrogen-bond donors (Lipinski definition) is 2. The molecule has 0 radical (unpaired) electrons. The van der Waals surface area contributed by atoms with Crippen molar-refractivity contribution < 1.29 is 14.6 Å².